The number of carbonyl (C=O) groups is 1. The second kappa shape index (κ2) is 10.1. The molecule has 3 aromatic carbocycles. The molecule has 1 aromatic heterocycles. The molecular weight excluding hydrogens is 493 g/mol. The number of halogens is 6. The van der Waals surface area contributed by atoms with E-state index in [-0.39, 0.29) is 34.6 Å². The molecule has 4 rings (SSSR count). The third-order valence-corrected chi connectivity index (χ3v) is 5.29. The van der Waals surface area contributed by atoms with E-state index < -0.39 is 47.3 Å². The summed E-state index contributed by atoms with van der Waals surface area (Å²) in [6.45, 7) is -0.339. The molecule has 0 radical (unpaired) electrons. The second-order valence-electron chi connectivity index (χ2n) is 7.34. The maximum Gasteiger partial charge on any atom is 0.256 e. The van der Waals surface area contributed by atoms with Gasteiger partial charge in [0.15, 0.2) is 23.2 Å². The summed E-state index contributed by atoms with van der Waals surface area (Å²) in [5, 5.41) is 7.01. The lowest BCUT2D eigenvalue weighted by atomic mass is 10.1. The zero-order valence-electron chi connectivity index (χ0n) is 17.7. The smallest absolute Gasteiger partial charge is 0.256 e. The van der Waals surface area contributed by atoms with Crippen molar-refractivity contribution in [3.8, 4) is 5.75 Å². The number of ether oxygens (including phenoxy) is 1. The zero-order chi connectivity index (χ0) is 25.1. The summed E-state index contributed by atoms with van der Waals surface area (Å²) >= 11 is 6.02. The number of aromatic nitrogens is 2. The van der Waals surface area contributed by atoms with Gasteiger partial charge in [0.2, 0.25) is 11.6 Å². The lowest BCUT2D eigenvalue weighted by Crippen LogP contribution is -2.13. The first-order valence-corrected chi connectivity index (χ1v) is 10.4. The summed E-state index contributed by atoms with van der Waals surface area (Å²) in [6, 6.07) is 11.7. The predicted molar refractivity (Wildman–Crippen MR) is 118 cm³/mol. The van der Waals surface area contributed by atoms with Gasteiger partial charge in [0.05, 0.1) is 6.54 Å². The molecule has 0 spiro atoms. The molecule has 0 saturated carbocycles. The number of rotatable bonds is 7. The van der Waals surface area contributed by atoms with Gasteiger partial charge < -0.3 is 10.1 Å². The molecule has 11 heteroatoms. The van der Waals surface area contributed by atoms with Crippen molar-refractivity contribution in [1.82, 2.24) is 9.78 Å². The van der Waals surface area contributed by atoms with Crippen molar-refractivity contribution in [2.45, 2.75) is 13.2 Å². The lowest BCUT2D eigenvalue weighted by molar-refractivity contribution is 0.102. The van der Waals surface area contributed by atoms with E-state index >= 15 is 0 Å². The summed E-state index contributed by atoms with van der Waals surface area (Å²) in [5.41, 5.74) is 0.874. The molecule has 0 fully saturated rings. The minimum Gasteiger partial charge on any atom is -0.483 e. The summed E-state index contributed by atoms with van der Waals surface area (Å²) in [7, 11) is 0. The van der Waals surface area contributed by atoms with Gasteiger partial charge in [-0.1, -0.05) is 29.8 Å². The van der Waals surface area contributed by atoms with Crippen LogP contribution in [0.25, 0.3) is 0 Å². The van der Waals surface area contributed by atoms with Gasteiger partial charge in [0.25, 0.3) is 5.91 Å². The molecule has 0 bridgehead atoms. The fraction of sp³-hybridized carbons (Fsp3) is 0.0833. The molecular formula is C24H15ClF5N3O2. The quantitative estimate of drug-likeness (QED) is 0.242. The van der Waals surface area contributed by atoms with Gasteiger partial charge in [0.1, 0.15) is 12.4 Å². The number of hydrogen-bond acceptors (Lipinski definition) is 3. The lowest BCUT2D eigenvalue weighted by Gasteiger charge is -2.10. The Morgan fingerprint density at radius 1 is 0.943 bits per heavy atom. The molecule has 35 heavy (non-hydrogen) atoms. The van der Waals surface area contributed by atoms with Crippen molar-refractivity contribution >= 4 is 23.3 Å². The molecule has 0 saturated heterocycles. The first-order valence-electron chi connectivity index (χ1n) is 10.1. The number of nitrogens with zero attached hydrogens (tertiary/aromatic N) is 2. The SMILES string of the molecule is O=C(Nc1ccn(Cc2c(F)cccc2Cl)n1)c1ccc(COc2c(F)c(F)cc(F)c2F)cc1. The van der Waals surface area contributed by atoms with Gasteiger partial charge in [-0.3, -0.25) is 9.48 Å². The number of amides is 1. The third-order valence-electron chi connectivity index (χ3n) is 4.93. The minimum absolute atomic E-state index is 0.0620. The van der Waals surface area contributed by atoms with Crippen LogP contribution < -0.4 is 10.1 Å². The van der Waals surface area contributed by atoms with E-state index in [1.807, 2.05) is 0 Å². The van der Waals surface area contributed by atoms with Crippen LogP contribution in [-0.2, 0) is 13.2 Å². The highest BCUT2D eigenvalue weighted by Gasteiger charge is 2.20. The van der Waals surface area contributed by atoms with Crippen molar-refractivity contribution in [2.75, 3.05) is 5.32 Å². The van der Waals surface area contributed by atoms with Crippen LogP contribution in [0.1, 0.15) is 21.5 Å². The number of nitrogens with one attached hydrogen (secondary N) is 1. The Labute approximate surface area is 200 Å². The first kappa shape index (κ1) is 24.2. The Kier molecular flexibility index (Phi) is 7.02. The van der Waals surface area contributed by atoms with Crippen LogP contribution in [0.4, 0.5) is 27.8 Å². The Bertz CT molecular complexity index is 1350. The average Bonchev–Trinajstić information content (AvgIpc) is 3.27. The van der Waals surface area contributed by atoms with E-state index in [1.54, 1.807) is 12.3 Å². The number of benzene rings is 3. The van der Waals surface area contributed by atoms with Crippen LogP contribution in [0.5, 0.6) is 5.75 Å². The molecule has 0 aliphatic carbocycles. The standard InChI is InChI=1S/C24H15ClF5N3O2/c25-16-2-1-3-17(26)15(16)11-33-9-8-20(32-33)31-24(34)14-6-4-13(5-7-14)12-35-23-21(29)18(27)10-19(28)22(23)30/h1-10H,11-12H2,(H,31,32,34). The molecule has 0 unspecified atom stereocenters. The highest BCUT2D eigenvalue weighted by Crippen LogP contribution is 2.27. The van der Waals surface area contributed by atoms with Crippen LogP contribution in [0.3, 0.4) is 0 Å². The normalized spacial score (nSPS) is 10.9. The van der Waals surface area contributed by atoms with Crippen LogP contribution in [0.15, 0.2) is 60.8 Å². The van der Waals surface area contributed by atoms with Crippen LogP contribution in [-0.4, -0.2) is 15.7 Å². The minimum atomic E-state index is -1.64. The van der Waals surface area contributed by atoms with Gasteiger partial charge in [-0.2, -0.15) is 13.9 Å². The van der Waals surface area contributed by atoms with E-state index in [1.165, 1.54) is 47.1 Å². The van der Waals surface area contributed by atoms with Crippen LogP contribution in [0.2, 0.25) is 5.02 Å². The van der Waals surface area contributed by atoms with Crippen molar-refractivity contribution in [1.29, 1.82) is 0 Å². The van der Waals surface area contributed by atoms with Gasteiger partial charge in [-0.25, -0.2) is 13.2 Å². The molecule has 180 valence electrons. The summed E-state index contributed by atoms with van der Waals surface area (Å²) < 4.78 is 74.2. The van der Waals surface area contributed by atoms with E-state index in [0.717, 1.165) is 0 Å². The molecule has 5 nitrogen and oxygen atoms in total. The van der Waals surface area contributed by atoms with Gasteiger partial charge in [-0.15, -0.1) is 0 Å². The molecule has 1 heterocycles. The van der Waals surface area contributed by atoms with E-state index in [0.29, 0.717) is 5.56 Å². The Morgan fingerprint density at radius 3 is 2.29 bits per heavy atom. The van der Waals surface area contributed by atoms with Crippen LogP contribution >= 0.6 is 11.6 Å². The fourth-order valence-electron chi connectivity index (χ4n) is 3.14. The summed E-state index contributed by atoms with van der Waals surface area (Å²) in [5.74, 6) is -8.37. The fourth-order valence-corrected chi connectivity index (χ4v) is 3.36. The molecule has 0 aliphatic rings. The molecule has 0 aliphatic heterocycles. The van der Waals surface area contributed by atoms with Crippen molar-refractivity contribution < 1.29 is 31.5 Å². The topological polar surface area (TPSA) is 56.2 Å². The highest BCUT2D eigenvalue weighted by atomic mass is 35.5. The summed E-state index contributed by atoms with van der Waals surface area (Å²) in [6.07, 6.45) is 1.55. The number of hydrogen-bond donors (Lipinski definition) is 1. The Balaban J connectivity index is 1.38. The number of anilines is 1. The van der Waals surface area contributed by atoms with Crippen LogP contribution in [0, 0.1) is 29.1 Å². The monoisotopic (exact) mass is 507 g/mol. The maximum absolute atomic E-state index is 14.0. The van der Waals surface area contributed by atoms with Gasteiger partial charge in [-0.05, 0) is 29.8 Å². The molecule has 0 atom stereocenters. The average molecular weight is 508 g/mol. The third kappa shape index (κ3) is 5.43. The van der Waals surface area contributed by atoms with Crippen molar-refractivity contribution in [3.05, 3.63) is 112 Å². The molecule has 1 N–H and O–H groups in total. The van der Waals surface area contributed by atoms with Crippen molar-refractivity contribution in [2.24, 2.45) is 0 Å². The number of carbonyl (C=O) groups excluding carboxylic acids is 1. The zero-order valence-corrected chi connectivity index (χ0v) is 18.4. The van der Waals surface area contributed by atoms with Crippen molar-refractivity contribution in [3.63, 3.8) is 0 Å². The first-order chi connectivity index (χ1) is 16.7. The largest absolute Gasteiger partial charge is 0.483 e. The Morgan fingerprint density at radius 2 is 1.63 bits per heavy atom. The molecule has 4 aromatic rings. The molecule has 1 amide bonds. The Hall–Kier alpha value is -3.92. The van der Waals surface area contributed by atoms with Gasteiger partial charge >= 0.3 is 0 Å². The summed E-state index contributed by atoms with van der Waals surface area (Å²) in [4.78, 5) is 12.5. The van der Waals surface area contributed by atoms with E-state index in [4.69, 9.17) is 16.3 Å². The highest BCUT2D eigenvalue weighted by molar-refractivity contribution is 6.31. The van der Waals surface area contributed by atoms with E-state index in [9.17, 15) is 26.7 Å². The maximum atomic E-state index is 14.0. The predicted octanol–water partition coefficient (Wildman–Crippen LogP) is 6.11. The van der Waals surface area contributed by atoms with E-state index in [2.05, 4.69) is 10.4 Å². The van der Waals surface area contributed by atoms with Gasteiger partial charge in [0, 0.05) is 34.5 Å². The second-order valence-corrected chi connectivity index (χ2v) is 7.74.